The summed E-state index contributed by atoms with van der Waals surface area (Å²) in [7, 11) is 1.62. The van der Waals surface area contributed by atoms with Gasteiger partial charge >= 0.3 is 6.18 Å². The maximum atomic E-state index is 12.7. The number of carbonyl (C=O) groups is 1. The molecule has 0 heterocycles. The molecule has 0 bridgehead atoms. The third-order valence-electron chi connectivity index (χ3n) is 4.32. The molecule has 1 saturated carbocycles. The molecule has 2 atom stereocenters. The second kappa shape index (κ2) is 6.91. The van der Waals surface area contributed by atoms with E-state index in [2.05, 4.69) is 0 Å². The Labute approximate surface area is 134 Å². The summed E-state index contributed by atoms with van der Waals surface area (Å²) >= 11 is 0. The van der Waals surface area contributed by atoms with Crippen LogP contribution in [-0.2, 0) is 11.0 Å². The zero-order valence-electron chi connectivity index (χ0n) is 13.3. The summed E-state index contributed by atoms with van der Waals surface area (Å²) in [6.45, 7) is 2.01. The maximum Gasteiger partial charge on any atom is 0.416 e. The van der Waals surface area contributed by atoms with Crippen LogP contribution in [0.5, 0.6) is 0 Å². The van der Waals surface area contributed by atoms with Gasteiger partial charge in [0.1, 0.15) is 0 Å². The number of aliphatic hydroxyl groups is 1. The van der Waals surface area contributed by atoms with Gasteiger partial charge in [0, 0.05) is 20.0 Å². The van der Waals surface area contributed by atoms with Gasteiger partial charge in [-0.3, -0.25) is 4.79 Å². The average Bonchev–Trinajstić information content (AvgIpc) is 3.30. The molecule has 0 aromatic heterocycles. The predicted octanol–water partition coefficient (Wildman–Crippen LogP) is 3.43. The Kier molecular flexibility index (Phi) is 5.34. The summed E-state index contributed by atoms with van der Waals surface area (Å²) in [6, 6.07) is 5.08. The number of rotatable bonds is 6. The van der Waals surface area contributed by atoms with Gasteiger partial charge in [-0.25, -0.2) is 0 Å². The Morgan fingerprint density at radius 2 is 2.04 bits per heavy atom. The minimum absolute atomic E-state index is 0.120. The van der Waals surface area contributed by atoms with Gasteiger partial charge in [-0.05, 0) is 36.3 Å². The van der Waals surface area contributed by atoms with Gasteiger partial charge in [0.05, 0.1) is 11.7 Å². The van der Waals surface area contributed by atoms with Gasteiger partial charge in [-0.15, -0.1) is 0 Å². The molecule has 0 aliphatic heterocycles. The molecule has 3 nitrogen and oxygen atoms in total. The van der Waals surface area contributed by atoms with E-state index in [1.807, 2.05) is 0 Å². The second-order valence-electron chi connectivity index (χ2n) is 6.41. The summed E-state index contributed by atoms with van der Waals surface area (Å²) < 4.78 is 38.2. The first-order chi connectivity index (χ1) is 10.7. The minimum Gasteiger partial charge on any atom is -0.391 e. The quantitative estimate of drug-likeness (QED) is 0.869. The summed E-state index contributed by atoms with van der Waals surface area (Å²) in [6.07, 6.45) is -2.79. The van der Waals surface area contributed by atoms with Gasteiger partial charge in [-0.1, -0.05) is 25.1 Å². The molecule has 2 unspecified atom stereocenters. The van der Waals surface area contributed by atoms with Crippen molar-refractivity contribution in [1.29, 1.82) is 0 Å². The van der Waals surface area contributed by atoms with Crippen LogP contribution in [0, 0.1) is 5.92 Å². The van der Waals surface area contributed by atoms with E-state index in [0.29, 0.717) is 5.56 Å². The van der Waals surface area contributed by atoms with Crippen molar-refractivity contribution >= 4 is 5.91 Å². The highest BCUT2D eigenvalue weighted by atomic mass is 19.4. The smallest absolute Gasteiger partial charge is 0.391 e. The van der Waals surface area contributed by atoms with E-state index in [1.54, 1.807) is 20.0 Å². The van der Waals surface area contributed by atoms with Gasteiger partial charge in [0.15, 0.2) is 0 Å². The van der Waals surface area contributed by atoms with Crippen LogP contribution in [0.3, 0.4) is 0 Å². The van der Waals surface area contributed by atoms with Crippen LogP contribution in [0.15, 0.2) is 24.3 Å². The van der Waals surface area contributed by atoms with Crippen molar-refractivity contribution < 1.29 is 23.1 Å². The van der Waals surface area contributed by atoms with Gasteiger partial charge in [0.25, 0.3) is 0 Å². The monoisotopic (exact) mass is 329 g/mol. The average molecular weight is 329 g/mol. The van der Waals surface area contributed by atoms with Crippen molar-refractivity contribution in [1.82, 2.24) is 4.90 Å². The van der Waals surface area contributed by atoms with E-state index < -0.39 is 17.8 Å². The molecular weight excluding hydrogens is 307 g/mol. The topological polar surface area (TPSA) is 40.5 Å². The van der Waals surface area contributed by atoms with Crippen LogP contribution < -0.4 is 0 Å². The highest BCUT2D eigenvalue weighted by Gasteiger charge is 2.32. The highest BCUT2D eigenvalue weighted by molar-refractivity contribution is 5.76. The van der Waals surface area contributed by atoms with Gasteiger partial charge < -0.3 is 10.0 Å². The molecule has 2 rings (SSSR count). The van der Waals surface area contributed by atoms with Crippen molar-refractivity contribution in [2.45, 2.75) is 44.4 Å². The Morgan fingerprint density at radius 3 is 2.61 bits per heavy atom. The first-order valence-electron chi connectivity index (χ1n) is 7.77. The standard InChI is InChI=1S/C17H22F3NO2/c1-11(13-4-3-5-14(9-13)17(18,19)20)8-16(23)21(2)10-15(22)12-6-7-12/h3-5,9,11-12,15,22H,6-8,10H2,1-2H3. The Balaban J connectivity index is 1.95. The predicted molar refractivity (Wildman–Crippen MR) is 80.8 cm³/mol. The number of amides is 1. The lowest BCUT2D eigenvalue weighted by Gasteiger charge is -2.23. The largest absolute Gasteiger partial charge is 0.416 e. The fourth-order valence-corrected chi connectivity index (χ4v) is 2.57. The number of benzene rings is 1. The van der Waals surface area contributed by atoms with E-state index >= 15 is 0 Å². The zero-order chi connectivity index (χ0) is 17.2. The Bertz CT molecular complexity index is 555. The van der Waals surface area contributed by atoms with Gasteiger partial charge in [-0.2, -0.15) is 13.2 Å². The first-order valence-corrected chi connectivity index (χ1v) is 7.77. The zero-order valence-corrected chi connectivity index (χ0v) is 13.3. The molecule has 0 spiro atoms. The molecular formula is C17H22F3NO2. The number of hydrogen-bond donors (Lipinski definition) is 1. The molecule has 1 amide bonds. The summed E-state index contributed by atoms with van der Waals surface area (Å²) in [5.74, 6) is -0.203. The summed E-state index contributed by atoms with van der Waals surface area (Å²) in [5, 5.41) is 9.87. The number of hydrogen-bond acceptors (Lipinski definition) is 2. The molecule has 0 saturated heterocycles. The number of carbonyl (C=O) groups excluding carboxylic acids is 1. The van der Waals surface area contributed by atoms with Crippen molar-refractivity contribution in [3.63, 3.8) is 0 Å². The van der Waals surface area contributed by atoms with Crippen molar-refractivity contribution in [2.24, 2.45) is 5.92 Å². The normalized spacial score (nSPS) is 17.7. The Morgan fingerprint density at radius 1 is 1.39 bits per heavy atom. The number of halogens is 3. The van der Waals surface area contributed by atoms with Crippen LogP contribution in [0.2, 0.25) is 0 Å². The molecule has 128 valence electrons. The fraction of sp³-hybridized carbons (Fsp3) is 0.588. The minimum atomic E-state index is -4.38. The number of nitrogens with zero attached hydrogens (tertiary/aromatic N) is 1. The van der Waals surface area contributed by atoms with Crippen LogP contribution >= 0.6 is 0 Å². The van der Waals surface area contributed by atoms with E-state index in [0.717, 1.165) is 25.0 Å². The third-order valence-corrected chi connectivity index (χ3v) is 4.32. The summed E-state index contributed by atoms with van der Waals surface area (Å²) in [4.78, 5) is 13.6. The van der Waals surface area contributed by atoms with Crippen LogP contribution in [-0.4, -0.2) is 35.6 Å². The molecule has 1 fully saturated rings. The van der Waals surface area contributed by atoms with Crippen LogP contribution in [0.4, 0.5) is 13.2 Å². The van der Waals surface area contributed by atoms with E-state index in [9.17, 15) is 23.1 Å². The highest BCUT2D eigenvalue weighted by Crippen LogP contribution is 2.33. The van der Waals surface area contributed by atoms with Gasteiger partial charge in [0.2, 0.25) is 5.91 Å². The second-order valence-corrected chi connectivity index (χ2v) is 6.41. The number of likely N-dealkylation sites (N-methyl/N-ethyl adjacent to an activating group) is 1. The summed E-state index contributed by atoms with van der Waals surface area (Å²) in [5.41, 5.74) is -0.212. The fourth-order valence-electron chi connectivity index (χ4n) is 2.57. The number of alkyl halides is 3. The molecule has 1 N–H and O–H groups in total. The molecule has 1 aliphatic carbocycles. The van der Waals surface area contributed by atoms with Crippen molar-refractivity contribution in [3.05, 3.63) is 35.4 Å². The first kappa shape index (κ1) is 17.8. The molecule has 6 heteroatoms. The molecule has 1 aromatic carbocycles. The van der Waals surface area contributed by atoms with E-state index in [1.165, 1.54) is 11.0 Å². The van der Waals surface area contributed by atoms with E-state index in [4.69, 9.17) is 0 Å². The van der Waals surface area contributed by atoms with Crippen molar-refractivity contribution in [2.75, 3.05) is 13.6 Å². The van der Waals surface area contributed by atoms with E-state index in [-0.39, 0.29) is 30.7 Å². The third kappa shape index (κ3) is 4.96. The molecule has 1 aliphatic rings. The molecule has 0 radical (unpaired) electrons. The van der Waals surface area contributed by atoms with Crippen LogP contribution in [0.25, 0.3) is 0 Å². The lowest BCUT2D eigenvalue weighted by molar-refractivity contribution is -0.137. The SMILES string of the molecule is CC(CC(=O)N(C)CC(O)C1CC1)c1cccc(C(F)(F)F)c1. The number of aliphatic hydroxyl groups excluding tert-OH is 1. The molecule has 23 heavy (non-hydrogen) atoms. The van der Waals surface area contributed by atoms with Crippen LogP contribution in [0.1, 0.15) is 43.2 Å². The Hall–Kier alpha value is -1.56. The lowest BCUT2D eigenvalue weighted by atomic mass is 9.95. The molecule has 1 aromatic rings. The van der Waals surface area contributed by atoms with Crippen molar-refractivity contribution in [3.8, 4) is 0 Å². The lowest BCUT2D eigenvalue weighted by Crippen LogP contribution is -2.35. The maximum absolute atomic E-state index is 12.7.